The maximum Gasteiger partial charge on any atom is 0.308 e. The molecule has 1 aliphatic rings. The normalized spacial score (nSPS) is 31.5. The van der Waals surface area contributed by atoms with E-state index in [-0.39, 0.29) is 12.0 Å². The highest BCUT2D eigenvalue weighted by atomic mass is 16.4. The Bertz CT molecular complexity index is 158. The molecule has 1 rings (SSSR count). The summed E-state index contributed by atoms with van der Waals surface area (Å²) in [4.78, 5) is 10.4. The van der Waals surface area contributed by atoms with E-state index in [1.165, 1.54) is 0 Å². The predicted octanol–water partition coefficient (Wildman–Crippen LogP) is 0.848. The summed E-state index contributed by atoms with van der Waals surface area (Å²) in [7, 11) is 0. The second kappa shape index (κ2) is 3.22. The van der Waals surface area contributed by atoms with Crippen molar-refractivity contribution >= 4 is 5.97 Å². The molecule has 3 unspecified atom stereocenters. The molecule has 1 fully saturated rings. The summed E-state index contributed by atoms with van der Waals surface area (Å²) in [5.74, 6) is -0.783. The van der Waals surface area contributed by atoms with Gasteiger partial charge in [-0.05, 0) is 19.8 Å². The average molecular weight is 157 g/mol. The second-order valence-corrected chi connectivity index (χ2v) is 3.26. The van der Waals surface area contributed by atoms with E-state index in [1.807, 2.05) is 0 Å². The monoisotopic (exact) mass is 157 g/mol. The third kappa shape index (κ3) is 2.19. The summed E-state index contributed by atoms with van der Waals surface area (Å²) in [5.41, 5.74) is 0. The lowest BCUT2D eigenvalue weighted by atomic mass is 10.2. The van der Waals surface area contributed by atoms with Crippen molar-refractivity contribution in [1.29, 1.82) is 0 Å². The zero-order chi connectivity index (χ0) is 8.43. The molecular formula is C8H15NO2. The Morgan fingerprint density at radius 1 is 1.82 bits per heavy atom. The minimum Gasteiger partial charge on any atom is -0.481 e. The third-order valence-corrected chi connectivity index (χ3v) is 2.22. The van der Waals surface area contributed by atoms with E-state index in [4.69, 9.17) is 5.11 Å². The standard InChI is InChI=1S/C8H15NO2/c1-3-5(2)9-7-4-6(7)8(10)11/h5-7,9H,3-4H2,1-2H3,(H,10,11). The van der Waals surface area contributed by atoms with E-state index in [0.29, 0.717) is 6.04 Å². The molecule has 0 saturated heterocycles. The van der Waals surface area contributed by atoms with Gasteiger partial charge in [0, 0.05) is 12.1 Å². The molecule has 3 atom stereocenters. The van der Waals surface area contributed by atoms with Crippen molar-refractivity contribution in [3.05, 3.63) is 0 Å². The van der Waals surface area contributed by atoms with E-state index in [2.05, 4.69) is 19.2 Å². The first-order valence-corrected chi connectivity index (χ1v) is 4.14. The van der Waals surface area contributed by atoms with Crippen LogP contribution in [-0.4, -0.2) is 23.2 Å². The number of aliphatic carboxylic acids is 1. The summed E-state index contributed by atoms with van der Waals surface area (Å²) in [6.45, 7) is 4.17. The van der Waals surface area contributed by atoms with Crippen molar-refractivity contribution in [2.45, 2.75) is 38.8 Å². The molecular weight excluding hydrogens is 142 g/mol. The average Bonchev–Trinajstić information content (AvgIpc) is 2.67. The molecule has 1 aliphatic carbocycles. The molecule has 0 aromatic carbocycles. The lowest BCUT2D eigenvalue weighted by Gasteiger charge is -2.09. The lowest BCUT2D eigenvalue weighted by Crippen LogP contribution is -2.29. The topological polar surface area (TPSA) is 49.3 Å². The Morgan fingerprint density at radius 2 is 2.45 bits per heavy atom. The Morgan fingerprint density at radius 3 is 2.82 bits per heavy atom. The minimum absolute atomic E-state index is 0.121. The fourth-order valence-electron chi connectivity index (χ4n) is 1.14. The van der Waals surface area contributed by atoms with E-state index < -0.39 is 5.97 Å². The van der Waals surface area contributed by atoms with Crippen LogP contribution in [0.2, 0.25) is 0 Å². The van der Waals surface area contributed by atoms with Gasteiger partial charge in [-0.3, -0.25) is 4.79 Å². The van der Waals surface area contributed by atoms with E-state index in [0.717, 1.165) is 12.8 Å². The Kier molecular flexibility index (Phi) is 2.49. The predicted molar refractivity (Wildman–Crippen MR) is 42.4 cm³/mol. The molecule has 3 heteroatoms. The highest BCUT2D eigenvalue weighted by molar-refractivity contribution is 5.74. The van der Waals surface area contributed by atoms with Crippen molar-refractivity contribution in [3.63, 3.8) is 0 Å². The largest absolute Gasteiger partial charge is 0.481 e. The van der Waals surface area contributed by atoms with Crippen molar-refractivity contribution < 1.29 is 9.90 Å². The van der Waals surface area contributed by atoms with Gasteiger partial charge in [-0.1, -0.05) is 6.92 Å². The molecule has 64 valence electrons. The maximum absolute atomic E-state index is 10.4. The van der Waals surface area contributed by atoms with Crippen LogP contribution in [-0.2, 0) is 4.79 Å². The number of hydrogen-bond donors (Lipinski definition) is 2. The summed E-state index contributed by atoms with van der Waals surface area (Å²) >= 11 is 0. The zero-order valence-corrected chi connectivity index (χ0v) is 7.00. The van der Waals surface area contributed by atoms with Gasteiger partial charge in [0.25, 0.3) is 0 Å². The molecule has 0 heterocycles. The van der Waals surface area contributed by atoms with Gasteiger partial charge in [-0.15, -0.1) is 0 Å². The van der Waals surface area contributed by atoms with Crippen LogP contribution in [0.4, 0.5) is 0 Å². The van der Waals surface area contributed by atoms with Gasteiger partial charge in [0.1, 0.15) is 0 Å². The second-order valence-electron chi connectivity index (χ2n) is 3.26. The van der Waals surface area contributed by atoms with E-state index in [1.54, 1.807) is 0 Å². The van der Waals surface area contributed by atoms with Crippen molar-refractivity contribution in [2.24, 2.45) is 5.92 Å². The molecule has 11 heavy (non-hydrogen) atoms. The number of hydrogen-bond acceptors (Lipinski definition) is 2. The van der Waals surface area contributed by atoms with Crippen LogP contribution in [0.1, 0.15) is 26.7 Å². The Balaban J connectivity index is 2.18. The van der Waals surface area contributed by atoms with Gasteiger partial charge in [0.2, 0.25) is 0 Å². The molecule has 2 N–H and O–H groups in total. The fraction of sp³-hybridized carbons (Fsp3) is 0.875. The number of rotatable bonds is 4. The molecule has 0 aromatic rings. The lowest BCUT2D eigenvalue weighted by molar-refractivity contribution is -0.138. The first-order chi connectivity index (χ1) is 5.15. The van der Waals surface area contributed by atoms with Crippen LogP contribution in [0, 0.1) is 5.92 Å². The molecule has 0 aromatic heterocycles. The number of carboxylic acids is 1. The molecule has 0 bridgehead atoms. The van der Waals surface area contributed by atoms with Crippen LogP contribution < -0.4 is 5.32 Å². The van der Waals surface area contributed by atoms with Crippen LogP contribution >= 0.6 is 0 Å². The van der Waals surface area contributed by atoms with Gasteiger partial charge in [0.05, 0.1) is 5.92 Å². The minimum atomic E-state index is -0.661. The Labute approximate surface area is 66.8 Å². The number of carbonyl (C=O) groups is 1. The quantitative estimate of drug-likeness (QED) is 0.636. The maximum atomic E-state index is 10.4. The molecule has 0 aliphatic heterocycles. The van der Waals surface area contributed by atoms with Gasteiger partial charge in [-0.25, -0.2) is 0 Å². The molecule has 1 saturated carbocycles. The molecule has 0 spiro atoms. The van der Waals surface area contributed by atoms with Gasteiger partial charge in [0.15, 0.2) is 0 Å². The highest BCUT2D eigenvalue weighted by Gasteiger charge is 2.43. The Hall–Kier alpha value is -0.570. The first kappa shape index (κ1) is 8.53. The SMILES string of the molecule is CCC(C)NC1CC1C(=O)O. The van der Waals surface area contributed by atoms with Crippen LogP contribution in [0.25, 0.3) is 0 Å². The fourth-order valence-corrected chi connectivity index (χ4v) is 1.14. The van der Waals surface area contributed by atoms with Gasteiger partial charge >= 0.3 is 5.97 Å². The van der Waals surface area contributed by atoms with E-state index in [9.17, 15) is 4.79 Å². The summed E-state index contributed by atoms with van der Waals surface area (Å²) in [6, 6.07) is 0.687. The number of nitrogens with one attached hydrogen (secondary N) is 1. The van der Waals surface area contributed by atoms with Gasteiger partial charge in [-0.2, -0.15) is 0 Å². The van der Waals surface area contributed by atoms with Crippen LogP contribution in [0.5, 0.6) is 0 Å². The van der Waals surface area contributed by atoms with E-state index >= 15 is 0 Å². The summed E-state index contributed by atoms with van der Waals surface area (Å²) < 4.78 is 0. The van der Waals surface area contributed by atoms with Crippen LogP contribution in [0.3, 0.4) is 0 Å². The first-order valence-electron chi connectivity index (χ1n) is 4.14. The number of carboxylic acid groups (broad SMARTS) is 1. The van der Waals surface area contributed by atoms with Crippen molar-refractivity contribution in [2.75, 3.05) is 0 Å². The van der Waals surface area contributed by atoms with Crippen molar-refractivity contribution in [1.82, 2.24) is 5.32 Å². The molecule has 0 amide bonds. The molecule has 3 nitrogen and oxygen atoms in total. The smallest absolute Gasteiger partial charge is 0.308 e. The highest BCUT2D eigenvalue weighted by Crippen LogP contribution is 2.30. The van der Waals surface area contributed by atoms with Crippen LogP contribution in [0.15, 0.2) is 0 Å². The third-order valence-electron chi connectivity index (χ3n) is 2.22. The summed E-state index contributed by atoms with van der Waals surface area (Å²) in [6.07, 6.45) is 1.86. The van der Waals surface area contributed by atoms with Gasteiger partial charge < -0.3 is 10.4 Å². The summed E-state index contributed by atoms with van der Waals surface area (Å²) in [5, 5.41) is 11.8. The molecule has 0 radical (unpaired) electrons. The van der Waals surface area contributed by atoms with Crippen molar-refractivity contribution in [3.8, 4) is 0 Å². The zero-order valence-electron chi connectivity index (χ0n) is 7.00.